The van der Waals surface area contributed by atoms with Gasteiger partial charge in [0.15, 0.2) is 0 Å². The van der Waals surface area contributed by atoms with Crippen LogP contribution in [0.4, 0.5) is 8.78 Å². The van der Waals surface area contributed by atoms with E-state index in [1.807, 2.05) is 0 Å². The topological polar surface area (TPSA) is 38.9 Å². The van der Waals surface area contributed by atoms with E-state index in [0.717, 1.165) is 12.1 Å². The Morgan fingerprint density at radius 3 is 2.47 bits per heavy atom. The van der Waals surface area contributed by atoms with Crippen LogP contribution in [0.2, 0.25) is 0 Å². The Labute approximate surface area is 88.7 Å². The molecule has 15 heavy (non-hydrogen) atoms. The van der Waals surface area contributed by atoms with Gasteiger partial charge in [-0.3, -0.25) is 0 Å². The predicted octanol–water partition coefficient (Wildman–Crippen LogP) is 2.75. The van der Waals surface area contributed by atoms with E-state index in [0.29, 0.717) is 0 Å². The summed E-state index contributed by atoms with van der Waals surface area (Å²) in [5.41, 5.74) is -0.308. The summed E-state index contributed by atoms with van der Waals surface area (Å²) in [6, 6.07) is 3.50. The normalized spacial score (nSPS) is 10.6. The van der Waals surface area contributed by atoms with E-state index in [2.05, 4.69) is 14.7 Å². The van der Waals surface area contributed by atoms with E-state index in [1.54, 1.807) is 0 Å². The maximum absolute atomic E-state index is 13.3. The summed E-state index contributed by atoms with van der Waals surface area (Å²) in [6.45, 7) is 0. The molecule has 0 radical (unpaired) electrons. The van der Waals surface area contributed by atoms with E-state index < -0.39 is 11.6 Å². The molecule has 6 heteroatoms. The summed E-state index contributed by atoms with van der Waals surface area (Å²) in [4.78, 5) is 3.73. The molecule has 0 saturated heterocycles. The highest BCUT2D eigenvalue weighted by Crippen LogP contribution is 2.23. The van der Waals surface area contributed by atoms with Gasteiger partial charge in [0.25, 0.3) is 0 Å². The van der Waals surface area contributed by atoms with Crippen molar-refractivity contribution in [2.24, 2.45) is 0 Å². The van der Waals surface area contributed by atoms with Crippen molar-refractivity contribution < 1.29 is 13.3 Å². The van der Waals surface area contributed by atoms with E-state index in [-0.39, 0.29) is 23.2 Å². The molecular formula is C9H5ClF2N2O. The van der Waals surface area contributed by atoms with Crippen molar-refractivity contribution in [1.29, 1.82) is 0 Å². The minimum Gasteiger partial charge on any atom is -0.338 e. The highest BCUT2D eigenvalue weighted by molar-refractivity contribution is 6.16. The lowest BCUT2D eigenvalue weighted by Gasteiger charge is -1.97. The molecule has 0 amide bonds. The van der Waals surface area contributed by atoms with Crippen molar-refractivity contribution in [3.05, 3.63) is 35.7 Å². The van der Waals surface area contributed by atoms with E-state index in [4.69, 9.17) is 11.6 Å². The van der Waals surface area contributed by atoms with Crippen LogP contribution < -0.4 is 0 Å². The Hall–Kier alpha value is -1.49. The van der Waals surface area contributed by atoms with Gasteiger partial charge in [0.05, 0.1) is 5.56 Å². The molecule has 0 fully saturated rings. The summed E-state index contributed by atoms with van der Waals surface area (Å²) >= 11 is 5.42. The highest BCUT2D eigenvalue weighted by atomic mass is 35.5. The molecule has 78 valence electrons. The minimum atomic E-state index is -0.739. The van der Waals surface area contributed by atoms with Crippen LogP contribution >= 0.6 is 11.6 Å². The van der Waals surface area contributed by atoms with Crippen molar-refractivity contribution in [3.63, 3.8) is 0 Å². The quantitative estimate of drug-likeness (QED) is 0.745. The summed E-state index contributed by atoms with van der Waals surface area (Å²) < 4.78 is 31.2. The maximum Gasteiger partial charge on any atom is 0.241 e. The monoisotopic (exact) mass is 230 g/mol. The summed E-state index contributed by atoms with van der Waals surface area (Å²) in [5, 5.41) is 3.43. The van der Waals surface area contributed by atoms with Gasteiger partial charge in [-0.1, -0.05) is 11.2 Å². The first-order valence-electron chi connectivity index (χ1n) is 4.05. The SMILES string of the molecule is Fc1cccc(F)c1-c1noc(CCl)n1. The Morgan fingerprint density at radius 2 is 1.93 bits per heavy atom. The molecule has 0 aliphatic heterocycles. The van der Waals surface area contributed by atoms with E-state index >= 15 is 0 Å². The zero-order chi connectivity index (χ0) is 10.8. The fourth-order valence-corrected chi connectivity index (χ4v) is 1.23. The number of hydrogen-bond donors (Lipinski definition) is 0. The summed E-state index contributed by atoms with van der Waals surface area (Å²) in [6.07, 6.45) is 0. The molecule has 0 aliphatic rings. The zero-order valence-electron chi connectivity index (χ0n) is 7.38. The molecule has 3 nitrogen and oxygen atoms in total. The third-order valence-corrected chi connectivity index (χ3v) is 2.00. The van der Waals surface area contributed by atoms with Crippen LogP contribution in [0.15, 0.2) is 22.7 Å². The van der Waals surface area contributed by atoms with Crippen LogP contribution in [0.5, 0.6) is 0 Å². The number of aromatic nitrogens is 2. The number of alkyl halides is 1. The second-order valence-electron chi connectivity index (χ2n) is 2.74. The van der Waals surface area contributed by atoms with Crippen LogP contribution in [-0.4, -0.2) is 10.1 Å². The Kier molecular flexibility index (Phi) is 2.64. The zero-order valence-corrected chi connectivity index (χ0v) is 8.13. The lowest BCUT2D eigenvalue weighted by molar-refractivity contribution is 0.390. The van der Waals surface area contributed by atoms with Gasteiger partial charge in [-0.05, 0) is 12.1 Å². The Morgan fingerprint density at radius 1 is 1.27 bits per heavy atom. The highest BCUT2D eigenvalue weighted by Gasteiger charge is 2.16. The van der Waals surface area contributed by atoms with Crippen molar-refractivity contribution in [3.8, 4) is 11.4 Å². The molecule has 0 aliphatic carbocycles. The van der Waals surface area contributed by atoms with Gasteiger partial charge in [-0.2, -0.15) is 4.98 Å². The first kappa shape index (κ1) is 10.0. The van der Waals surface area contributed by atoms with Crippen molar-refractivity contribution in [1.82, 2.24) is 10.1 Å². The number of rotatable bonds is 2. The second kappa shape index (κ2) is 3.94. The van der Waals surface area contributed by atoms with E-state index in [1.165, 1.54) is 6.07 Å². The molecule has 0 bridgehead atoms. The van der Waals surface area contributed by atoms with Crippen LogP contribution in [0.3, 0.4) is 0 Å². The third-order valence-electron chi connectivity index (χ3n) is 1.77. The molecule has 2 aromatic rings. The minimum absolute atomic E-state index is 0.00305. The molecule has 1 aromatic carbocycles. The second-order valence-corrected chi connectivity index (χ2v) is 3.01. The number of benzene rings is 1. The number of hydrogen-bond acceptors (Lipinski definition) is 3. The molecular weight excluding hydrogens is 226 g/mol. The summed E-state index contributed by atoms with van der Waals surface area (Å²) in [5.74, 6) is -1.49. The molecule has 0 N–H and O–H groups in total. The molecule has 0 spiro atoms. The largest absolute Gasteiger partial charge is 0.338 e. The average Bonchev–Trinajstić information content (AvgIpc) is 2.66. The lowest BCUT2D eigenvalue weighted by Crippen LogP contribution is -1.91. The van der Waals surface area contributed by atoms with Crippen LogP contribution in [0.25, 0.3) is 11.4 Å². The Bertz CT molecular complexity index is 466. The van der Waals surface area contributed by atoms with Gasteiger partial charge >= 0.3 is 0 Å². The fraction of sp³-hybridized carbons (Fsp3) is 0.111. The molecule has 1 heterocycles. The molecule has 0 unspecified atom stereocenters. The molecule has 2 rings (SSSR count). The van der Waals surface area contributed by atoms with Gasteiger partial charge in [0.1, 0.15) is 17.5 Å². The van der Waals surface area contributed by atoms with Gasteiger partial charge in [-0.15, -0.1) is 11.6 Å². The van der Waals surface area contributed by atoms with Gasteiger partial charge in [-0.25, -0.2) is 8.78 Å². The van der Waals surface area contributed by atoms with Crippen LogP contribution in [-0.2, 0) is 5.88 Å². The van der Waals surface area contributed by atoms with Gasteiger partial charge in [0, 0.05) is 0 Å². The maximum atomic E-state index is 13.3. The predicted molar refractivity (Wildman–Crippen MR) is 49.2 cm³/mol. The lowest BCUT2D eigenvalue weighted by atomic mass is 10.2. The van der Waals surface area contributed by atoms with Crippen LogP contribution in [0.1, 0.15) is 5.89 Å². The third kappa shape index (κ3) is 1.83. The fourth-order valence-electron chi connectivity index (χ4n) is 1.12. The number of halogens is 3. The molecule has 0 atom stereocenters. The number of nitrogens with zero attached hydrogens (tertiary/aromatic N) is 2. The van der Waals surface area contributed by atoms with Crippen LogP contribution in [0, 0.1) is 11.6 Å². The molecule has 0 saturated carbocycles. The Balaban J connectivity index is 2.53. The van der Waals surface area contributed by atoms with Gasteiger partial charge < -0.3 is 4.52 Å². The van der Waals surface area contributed by atoms with E-state index in [9.17, 15) is 8.78 Å². The first-order valence-corrected chi connectivity index (χ1v) is 4.58. The van der Waals surface area contributed by atoms with Gasteiger partial charge in [0.2, 0.25) is 11.7 Å². The van der Waals surface area contributed by atoms with Crippen molar-refractivity contribution in [2.75, 3.05) is 0 Å². The standard InChI is InChI=1S/C9H5ClF2N2O/c10-4-7-13-9(14-15-7)8-5(11)2-1-3-6(8)12/h1-3H,4H2. The van der Waals surface area contributed by atoms with Crippen molar-refractivity contribution in [2.45, 2.75) is 5.88 Å². The van der Waals surface area contributed by atoms with Crippen molar-refractivity contribution >= 4 is 11.6 Å². The average molecular weight is 231 g/mol. The smallest absolute Gasteiger partial charge is 0.241 e. The summed E-state index contributed by atoms with van der Waals surface area (Å²) in [7, 11) is 0. The first-order chi connectivity index (χ1) is 7.22. The molecule has 1 aromatic heterocycles.